The van der Waals surface area contributed by atoms with Gasteiger partial charge in [0.15, 0.2) is 5.96 Å². The zero-order valence-electron chi connectivity index (χ0n) is 21.6. The van der Waals surface area contributed by atoms with Crippen LogP contribution in [-0.4, -0.2) is 69.3 Å². The highest BCUT2D eigenvalue weighted by molar-refractivity contribution is 7.89. The molecule has 216 valence electrons. The summed E-state index contributed by atoms with van der Waals surface area (Å²) in [6.45, 7) is 1.64. The molecule has 40 heavy (non-hydrogen) atoms. The van der Waals surface area contributed by atoms with Crippen LogP contribution in [0.4, 0.5) is 0 Å². The van der Waals surface area contributed by atoms with Crippen LogP contribution in [0.25, 0.3) is 10.8 Å². The maximum Gasteiger partial charge on any atom is 0.299 e. The van der Waals surface area contributed by atoms with Crippen molar-refractivity contribution in [2.24, 2.45) is 11.7 Å². The fourth-order valence-electron chi connectivity index (χ4n) is 4.46. The number of aromatic hydroxyl groups is 1. The van der Waals surface area contributed by atoms with Crippen LogP contribution in [0.15, 0.2) is 71.6 Å². The molecule has 2 atom stereocenters. The Balaban J connectivity index is 0.00000103. The van der Waals surface area contributed by atoms with Gasteiger partial charge < -0.3 is 21.1 Å². The first kappa shape index (κ1) is 31.0. The van der Waals surface area contributed by atoms with E-state index in [9.17, 15) is 18.3 Å². The Bertz CT molecular complexity index is 1450. The van der Waals surface area contributed by atoms with Crippen molar-refractivity contribution in [3.05, 3.63) is 72.3 Å². The van der Waals surface area contributed by atoms with E-state index in [2.05, 4.69) is 10.0 Å². The number of sulfonamides is 1. The lowest BCUT2D eigenvalue weighted by Crippen LogP contribution is -2.51. The van der Waals surface area contributed by atoms with Gasteiger partial charge in [0.1, 0.15) is 11.8 Å². The standard InChI is InChI=1S/C26H31N5O4S.H2O3S/c27-26(28)31-13-3-4-19(17-31)16-29-25(33)24(14-18-7-10-22(32)11-8-18)30-36(34,35)23-12-9-20-5-1-2-6-21(20)15-23;1-4(2)3/h1-2,5-12,15,19,24,30,32H,3-4,13-14,16-17H2,(H3,27,28)(H,29,33);(H2,1,2,3)/t19?,24-;/m1./s1. The summed E-state index contributed by atoms with van der Waals surface area (Å²) >= 11 is -2.61. The van der Waals surface area contributed by atoms with Gasteiger partial charge in [0.25, 0.3) is 11.4 Å². The zero-order valence-corrected chi connectivity index (χ0v) is 23.2. The predicted octanol–water partition coefficient (Wildman–Crippen LogP) is 1.84. The average Bonchev–Trinajstić information content (AvgIpc) is 2.92. The molecule has 1 unspecified atom stereocenters. The van der Waals surface area contributed by atoms with Crippen molar-refractivity contribution in [3.8, 4) is 5.75 Å². The number of fused-ring (bicyclic) bond motifs is 1. The van der Waals surface area contributed by atoms with E-state index in [-0.39, 0.29) is 28.9 Å². The van der Waals surface area contributed by atoms with Crippen molar-refractivity contribution in [1.29, 1.82) is 5.41 Å². The molecule has 1 aliphatic heterocycles. The number of guanidine groups is 1. The van der Waals surface area contributed by atoms with Gasteiger partial charge in [0, 0.05) is 19.6 Å². The average molecular weight is 592 g/mol. The molecule has 1 aliphatic rings. The summed E-state index contributed by atoms with van der Waals surface area (Å²) in [5.74, 6) is -0.228. The third-order valence-corrected chi connectivity index (χ3v) is 7.92. The highest BCUT2D eigenvalue weighted by atomic mass is 32.2. The minimum atomic E-state index is -4.00. The Hall–Kier alpha value is -3.56. The number of carbonyl (C=O) groups is 1. The number of nitrogens with two attached hydrogens (primary N) is 1. The van der Waals surface area contributed by atoms with E-state index in [0.717, 1.165) is 30.2 Å². The minimum Gasteiger partial charge on any atom is -0.508 e. The Morgan fingerprint density at radius 2 is 1.75 bits per heavy atom. The van der Waals surface area contributed by atoms with E-state index >= 15 is 0 Å². The van der Waals surface area contributed by atoms with E-state index in [1.807, 2.05) is 24.3 Å². The molecular weight excluding hydrogens is 558 g/mol. The number of amides is 1. The van der Waals surface area contributed by atoms with Crippen molar-refractivity contribution in [1.82, 2.24) is 14.9 Å². The van der Waals surface area contributed by atoms with Crippen LogP contribution in [-0.2, 0) is 32.6 Å². The van der Waals surface area contributed by atoms with Crippen LogP contribution in [0.5, 0.6) is 5.75 Å². The summed E-state index contributed by atoms with van der Waals surface area (Å²) in [7, 11) is -4.00. The molecule has 1 saturated heterocycles. The number of hydrogen-bond donors (Lipinski definition) is 7. The van der Waals surface area contributed by atoms with Crippen molar-refractivity contribution < 1.29 is 31.6 Å². The van der Waals surface area contributed by atoms with E-state index in [4.69, 9.17) is 24.5 Å². The Morgan fingerprint density at radius 1 is 1.10 bits per heavy atom. The van der Waals surface area contributed by atoms with Crippen molar-refractivity contribution in [2.45, 2.75) is 30.2 Å². The maximum absolute atomic E-state index is 13.3. The normalized spacial score (nSPS) is 16.2. The van der Waals surface area contributed by atoms with Crippen LogP contribution < -0.4 is 15.8 Å². The number of phenols is 1. The highest BCUT2D eigenvalue weighted by Crippen LogP contribution is 2.20. The molecule has 0 aliphatic carbocycles. The number of rotatable bonds is 8. The van der Waals surface area contributed by atoms with Gasteiger partial charge in [0.05, 0.1) is 4.90 Å². The lowest BCUT2D eigenvalue weighted by Gasteiger charge is -2.33. The molecule has 3 aromatic rings. The van der Waals surface area contributed by atoms with E-state index in [0.29, 0.717) is 18.7 Å². The van der Waals surface area contributed by atoms with E-state index < -0.39 is 33.3 Å². The fourth-order valence-corrected chi connectivity index (χ4v) is 5.69. The van der Waals surface area contributed by atoms with Gasteiger partial charge in [-0.15, -0.1) is 0 Å². The Kier molecular flexibility index (Phi) is 11.0. The van der Waals surface area contributed by atoms with Crippen molar-refractivity contribution in [3.63, 3.8) is 0 Å². The molecule has 4 rings (SSSR count). The van der Waals surface area contributed by atoms with Crippen LogP contribution in [0.1, 0.15) is 18.4 Å². The van der Waals surface area contributed by atoms with Crippen LogP contribution >= 0.6 is 0 Å². The number of nitrogens with one attached hydrogen (secondary N) is 3. The van der Waals surface area contributed by atoms with Gasteiger partial charge in [0.2, 0.25) is 15.9 Å². The lowest BCUT2D eigenvalue weighted by molar-refractivity contribution is -0.122. The SMILES string of the molecule is N=C(N)N1CCCC(CNC(=O)[C@@H](Cc2ccc(O)cc2)NS(=O)(=O)c2ccc3ccccc3c2)C1.O=S(O)O. The fraction of sp³-hybridized carbons (Fsp3) is 0.308. The van der Waals surface area contributed by atoms with Crippen molar-refractivity contribution in [2.75, 3.05) is 19.6 Å². The summed E-state index contributed by atoms with van der Waals surface area (Å²) in [6, 6.07) is 17.6. The summed E-state index contributed by atoms with van der Waals surface area (Å²) in [6.07, 6.45) is 1.87. The molecule has 12 nitrogen and oxygen atoms in total. The van der Waals surface area contributed by atoms with Gasteiger partial charge in [-0.1, -0.05) is 42.5 Å². The second-order valence-corrected chi connectivity index (χ2v) is 11.5. The molecule has 14 heteroatoms. The van der Waals surface area contributed by atoms with Gasteiger partial charge in [-0.3, -0.25) is 19.3 Å². The second-order valence-electron chi connectivity index (χ2n) is 9.37. The number of carbonyl (C=O) groups excluding carboxylic acids is 1. The van der Waals surface area contributed by atoms with Crippen LogP contribution in [0.3, 0.4) is 0 Å². The molecule has 0 saturated carbocycles. The van der Waals surface area contributed by atoms with Gasteiger partial charge >= 0.3 is 0 Å². The molecule has 0 aromatic heterocycles. The summed E-state index contributed by atoms with van der Waals surface area (Å²) in [5.41, 5.74) is 6.32. The molecule has 8 N–H and O–H groups in total. The number of hydrogen-bond acceptors (Lipinski definition) is 6. The minimum absolute atomic E-state index is 0.0133. The molecular formula is C26H33N5O7S2. The lowest BCUT2D eigenvalue weighted by atomic mass is 9.98. The van der Waals surface area contributed by atoms with Crippen LogP contribution in [0, 0.1) is 11.3 Å². The molecule has 1 fully saturated rings. The first-order chi connectivity index (χ1) is 18.9. The van der Waals surface area contributed by atoms with E-state index in [1.54, 1.807) is 29.2 Å². The maximum atomic E-state index is 13.3. The second kappa shape index (κ2) is 14.2. The number of benzene rings is 3. The molecule has 0 spiro atoms. The molecule has 1 heterocycles. The van der Waals surface area contributed by atoms with Crippen molar-refractivity contribution >= 4 is 44.0 Å². The zero-order chi connectivity index (χ0) is 29.3. The van der Waals surface area contributed by atoms with Gasteiger partial charge in [-0.25, -0.2) is 8.42 Å². The molecule has 3 aromatic carbocycles. The van der Waals surface area contributed by atoms with Gasteiger partial charge in [-0.05, 0) is 65.8 Å². The number of nitrogens with zero attached hydrogens (tertiary/aromatic N) is 1. The smallest absolute Gasteiger partial charge is 0.299 e. The molecule has 0 bridgehead atoms. The summed E-state index contributed by atoms with van der Waals surface area (Å²) < 4.78 is 52.0. The largest absolute Gasteiger partial charge is 0.508 e. The highest BCUT2D eigenvalue weighted by Gasteiger charge is 2.28. The number of likely N-dealkylation sites (tertiary alicyclic amines) is 1. The first-order valence-electron chi connectivity index (χ1n) is 12.4. The molecule has 0 radical (unpaired) electrons. The Morgan fingerprint density at radius 3 is 2.40 bits per heavy atom. The summed E-state index contributed by atoms with van der Waals surface area (Å²) in [4.78, 5) is 15.1. The monoisotopic (exact) mass is 591 g/mol. The number of phenolic OH excluding ortho intramolecular Hbond substituents is 1. The first-order valence-corrected chi connectivity index (χ1v) is 14.9. The van der Waals surface area contributed by atoms with Crippen LogP contribution in [0.2, 0.25) is 0 Å². The molecule has 1 amide bonds. The summed E-state index contributed by atoms with van der Waals surface area (Å²) in [5, 5.41) is 21.8. The predicted molar refractivity (Wildman–Crippen MR) is 152 cm³/mol. The quantitative estimate of drug-likeness (QED) is 0.116. The number of piperidine rings is 1. The van der Waals surface area contributed by atoms with Gasteiger partial charge in [-0.2, -0.15) is 8.93 Å². The topological polar surface area (TPSA) is 206 Å². The third-order valence-electron chi connectivity index (χ3n) is 6.45. The third kappa shape index (κ3) is 9.27. The van der Waals surface area contributed by atoms with E-state index in [1.165, 1.54) is 18.2 Å². The Labute approximate surface area is 235 Å².